The lowest BCUT2D eigenvalue weighted by molar-refractivity contribution is -0.162. The fourth-order valence-corrected chi connectivity index (χ4v) is 4.77. The Bertz CT molecular complexity index is 998. The summed E-state index contributed by atoms with van der Waals surface area (Å²) in [6.45, 7) is 15.9. The van der Waals surface area contributed by atoms with Crippen LogP contribution in [0.5, 0.6) is 0 Å². The van der Waals surface area contributed by atoms with Crippen LogP contribution in [0.1, 0.15) is 57.3 Å². The molecule has 1 aromatic heterocycles. The molecule has 0 aliphatic heterocycles. The second-order valence-corrected chi connectivity index (χ2v) is 9.09. The van der Waals surface area contributed by atoms with Gasteiger partial charge in [0, 0.05) is 5.56 Å². The summed E-state index contributed by atoms with van der Waals surface area (Å²) in [6.07, 6.45) is 2.77. The highest BCUT2D eigenvalue weighted by atomic mass is 16.5. The molecule has 4 unspecified atom stereocenters. The van der Waals surface area contributed by atoms with E-state index in [1.165, 1.54) is 7.11 Å². The molecule has 0 saturated heterocycles. The van der Waals surface area contributed by atoms with Crippen molar-refractivity contribution in [1.82, 2.24) is 15.2 Å². The third-order valence-electron chi connectivity index (χ3n) is 6.62. The predicted octanol–water partition coefficient (Wildman–Crippen LogP) is 4.33. The van der Waals surface area contributed by atoms with Gasteiger partial charge in [0.25, 0.3) is 0 Å². The Morgan fingerprint density at radius 2 is 1.82 bits per heavy atom. The number of hydrogen-bond acceptors (Lipinski definition) is 6. The maximum atomic E-state index is 13.4. The Labute approximate surface area is 194 Å². The van der Waals surface area contributed by atoms with E-state index < -0.39 is 23.9 Å². The van der Waals surface area contributed by atoms with Gasteiger partial charge in [-0.3, -0.25) is 14.7 Å². The van der Waals surface area contributed by atoms with Crippen molar-refractivity contribution in [1.29, 1.82) is 0 Å². The number of methoxy groups -OCH3 is 1. The van der Waals surface area contributed by atoms with Gasteiger partial charge in [-0.15, -0.1) is 0 Å². The monoisotopic (exact) mass is 452 g/mol. The molecule has 0 bridgehead atoms. The number of esters is 2. The lowest BCUT2D eigenvalue weighted by atomic mass is 9.73. The van der Waals surface area contributed by atoms with Gasteiger partial charge in [-0.05, 0) is 37.5 Å². The summed E-state index contributed by atoms with van der Waals surface area (Å²) in [6, 6.07) is 6.19. The zero-order chi connectivity index (χ0) is 24.1. The first-order valence-electron chi connectivity index (χ1n) is 11.4. The van der Waals surface area contributed by atoms with E-state index in [1.54, 1.807) is 0 Å². The van der Waals surface area contributed by atoms with Crippen LogP contribution < -0.4 is 0 Å². The molecule has 1 heterocycles. The van der Waals surface area contributed by atoms with Gasteiger partial charge in [-0.2, -0.15) is 5.10 Å². The highest BCUT2D eigenvalue weighted by molar-refractivity contribution is 5.89. The first kappa shape index (κ1) is 24.4. The van der Waals surface area contributed by atoms with E-state index in [-0.39, 0.29) is 23.8 Å². The number of H-pyrrole nitrogens is 1. The van der Waals surface area contributed by atoms with Gasteiger partial charge in [0.1, 0.15) is 11.9 Å². The number of benzene rings is 1. The average molecular weight is 453 g/mol. The van der Waals surface area contributed by atoms with Crippen molar-refractivity contribution in [2.75, 3.05) is 7.11 Å². The van der Waals surface area contributed by atoms with Crippen molar-refractivity contribution in [2.45, 2.75) is 65.0 Å². The number of rotatable bonds is 7. The molecule has 33 heavy (non-hydrogen) atoms. The van der Waals surface area contributed by atoms with Gasteiger partial charge in [0.2, 0.25) is 5.92 Å². The van der Waals surface area contributed by atoms with Crippen molar-refractivity contribution in [3.05, 3.63) is 47.1 Å². The highest BCUT2D eigenvalue weighted by Gasteiger charge is 2.47. The zero-order valence-corrected chi connectivity index (χ0v) is 19.9. The molecule has 0 radical (unpaired) electrons. The van der Waals surface area contributed by atoms with Crippen molar-refractivity contribution < 1.29 is 19.1 Å². The van der Waals surface area contributed by atoms with E-state index in [0.717, 1.165) is 30.4 Å². The standard InChI is InChI=1S/C25H32N4O4/c1-7-17-12-15(3)21(16(4)13-17)33-24(30)19(20(26-5)25(31)32-6)23-27-22(28-29-23)18-10-8-14(2)9-11-18/h8-11,15-17,19-21H,7,12-13H2,1-4,6H3,(H,27,28,29). The Balaban J connectivity index is 1.90. The molecule has 1 aliphatic rings. The largest absolute Gasteiger partial charge is 0.463 e. The van der Waals surface area contributed by atoms with E-state index in [0.29, 0.717) is 11.7 Å². The fourth-order valence-electron chi connectivity index (χ4n) is 4.77. The van der Waals surface area contributed by atoms with Gasteiger partial charge in [0.05, 0.1) is 7.11 Å². The number of aryl methyl sites for hydroxylation is 1. The third-order valence-corrected chi connectivity index (χ3v) is 6.62. The summed E-state index contributed by atoms with van der Waals surface area (Å²) >= 11 is 0. The number of carbonyl (C=O) groups excluding carboxylic acids is 2. The van der Waals surface area contributed by atoms with Crippen LogP contribution in [0.4, 0.5) is 0 Å². The molecule has 1 saturated carbocycles. The van der Waals surface area contributed by atoms with Gasteiger partial charge in [-0.1, -0.05) is 57.0 Å². The first-order valence-corrected chi connectivity index (χ1v) is 11.4. The van der Waals surface area contributed by atoms with E-state index in [4.69, 9.17) is 16.0 Å². The molecule has 0 spiro atoms. The number of hydrogen-bond donors (Lipinski definition) is 1. The van der Waals surface area contributed by atoms with Crippen molar-refractivity contribution in [3.8, 4) is 11.4 Å². The summed E-state index contributed by atoms with van der Waals surface area (Å²) in [5.74, 6) is -1.26. The molecule has 1 N–H and O–H groups in total. The first-order chi connectivity index (χ1) is 15.8. The topological polar surface area (TPSA) is 98.5 Å². The average Bonchev–Trinajstić information content (AvgIpc) is 3.28. The molecule has 176 valence electrons. The molecule has 4 atom stereocenters. The van der Waals surface area contributed by atoms with Gasteiger partial charge < -0.3 is 9.47 Å². The zero-order valence-electron chi connectivity index (χ0n) is 19.9. The van der Waals surface area contributed by atoms with Gasteiger partial charge in [0.15, 0.2) is 5.82 Å². The molecule has 1 aromatic carbocycles. The molecular weight excluding hydrogens is 420 g/mol. The lowest BCUT2D eigenvalue weighted by Gasteiger charge is -2.38. The Hall–Kier alpha value is -3.21. The summed E-state index contributed by atoms with van der Waals surface area (Å²) in [5.41, 5.74) is 1.85. The minimum atomic E-state index is -1.42. The Morgan fingerprint density at radius 3 is 2.36 bits per heavy atom. The highest BCUT2D eigenvalue weighted by Crippen LogP contribution is 2.38. The van der Waals surface area contributed by atoms with E-state index in [2.05, 4.69) is 40.8 Å². The number of nitrogens with zero attached hydrogens (tertiary/aromatic N) is 3. The minimum Gasteiger partial charge on any atom is -0.463 e. The summed E-state index contributed by atoms with van der Waals surface area (Å²) < 4.78 is 10.8. The van der Waals surface area contributed by atoms with Crippen LogP contribution in [0, 0.1) is 31.2 Å². The van der Waals surface area contributed by atoms with Crippen LogP contribution in [0.15, 0.2) is 24.3 Å². The molecule has 3 rings (SSSR count). The van der Waals surface area contributed by atoms with Gasteiger partial charge in [-0.25, -0.2) is 16.4 Å². The number of nitrogens with one attached hydrogen (secondary N) is 1. The normalized spacial score (nSPS) is 24.4. The van der Waals surface area contributed by atoms with Crippen molar-refractivity contribution in [2.24, 2.45) is 17.8 Å². The quantitative estimate of drug-likeness (QED) is 0.496. The second kappa shape index (κ2) is 10.6. The van der Waals surface area contributed by atoms with E-state index >= 15 is 0 Å². The molecular formula is C25H32N4O4. The van der Waals surface area contributed by atoms with Crippen LogP contribution in [0.3, 0.4) is 0 Å². The van der Waals surface area contributed by atoms with Crippen LogP contribution >= 0.6 is 0 Å². The molecule has 1 aliphatic carbocycles. The van der Waals surface area contributed by atoms with Crippen molar-refractivity contribution >= 4 is 11.9 Å². The minimum absolute atomic E-state index is 0.115. The maximum absolute atomic E-state index is 13.4. The summed E-state index contributed by atoms with van der Waals surface area (Å²) in [4.78, 5) is 33.6. The predicted molar refractivity (Wildman–Crippen MR) is 123 cm³/mol. The molecule has 8 heteroatoms. The van der Waals surface area contributed by atoms with E-state index in [9.17, 15) is 9.59 Å². The third kappa shape index (κ3) is 5.41. The summed E-state index contributed by atoms with van der Waals surface area (Å²) in [7, 11) is 1.19. The molecule has 0 amide bonds. The lowest BCUT2D eigenvalue weighted by Crippen LogP contribution is -2.41. The SMILES string of the molecule is [C-]#[N+]C(C(=O)OC)C(C(=O)OC1C(C)CC(CC)CC1C)c1nc(-c2ccc(C)cc2)n[nH]1. The number of aromatic nitrogens is 3. The van der Waals surface area contributed by atoms with Crippen LogP contribution in [0.25, 0.3) is 16.2 Å². The number of aromatic amines is 1. The number of carbonyl (C=O) groups is 2. The number of ether oxygens (including phenoxy) is 2. The molecule has 2 aromatic rings. The summed E-state index contributed by atoms with van der Waals surface area (Å²) in [5, 5.41) is 6.98. The van der Waals surface area contributed by atoms with Gasteiger partial charge >= 0.3 is 18.0 Å². The Kier molecular flexibility index (Phi) is 7.85. The Morgan fingerprint density at radius 1 is 1.18 bits per heavy atom. The van der Waals surface area contributed by atoms with Crippen LogP contribution in [-0.2, 0) is 19.1 Å². The molecule has 8 nitrogen and oxygen atoms in total. The van der Waals surface area contributed by atoms with Crippen LogP contribution in [0.2, 0.25) is 0 Å². The maximum Gasteiger partial charge on any atom is 0.391 e. The second-order valence-electron chi connectivity index (χ2n) is 9.09. The van der Waals surface area contributed by atoms with E-state index in [1.807, 2.05) is 31.2 Å². The molecule has 1 fully saturated rings. The smallest absolute Gasteiger partial charge is 0.391 e. The van der Waals surface area contributed by atoms with Crippen LogP contribution in [-0.4, -0.2) is 46.4 Å². The fraction of sp³-hybridized carbons (Fsp3) is 0.560. The van der Waals surface area contributed by atoms with Crippen molar-refractivity contribution in [3.63, 3.8) is 0 Å².